The number of benzene rings is 1. The minimum Gasteiger partial charge on any atom is -0.474 e. The fraction of sp³-hybridized carbons (Fsp3) is 0.400. The van der Waals surface area contributed by atoms with Crippen LogP contribution in [-0.4, -0.2) is 51.1 Å². The standard InChI is InChI=1S/C25H27N5O/c1-30-11-9-18(10-12-30)31-25-20-13-17(5-7-23(20)27-15-28-25)21-14-26-24-19(21)6-8-22(29-24)16-3-2-4-16/h5-8,13-16,18H,2-4,9-12H2,1H3,(H,26,29). The molecule has 6 rings (SSSR count). The zero-order valence-corrected chi connectivity index (χ0v) is 17.8. The van der Waals surface area contributed by atoms with Crippen LogP contribution in [0, 0.1) is 0 Å². The summed E-state index contributed by atoms with van der Waals surface area (Å²) in [5.41, 5.74) is 5.37. The Morgan fingerprint density at radius 3 is 2.68 bits per heavy atom. The van der Waals surface area contributed by atoms with Gasteiger partial charge in [-0.15, -0.1) is 0 Å². The van der Waals surface area contributed by atoms with Crippen molar-refractivity contribution < 1.29 is 4.74 Å². The van der Waals surface area contributed by atoms with Crippen LogP contribution >= 0.6 is 0 Å². The molecule has 0 amide bonds. The Bertz CT molecular complexity index is 1240. The molecule has 4 heterocycles. The van der Waals surface area contributed by atoms with Crippen LogP contribution in [-0.2, 0) is 0 Å². The lowest BCUT2D eigenvalue weighted by atomic mass is 9.82. The summed E-state index contributed by atoms with van der Waals surface area (Å²) in [6, 6.07) is 10.7. The molecule has 1 aliphatic carbocycles. The van der Waals surface area contributed by atoms with Crippen LogP contribution < -0.4 is 4.74 Å². The molecule has 6 heteroatoms. The lowest BCUT2D eigenvalue weighted by Gasteiger charge is -2.29. The van der Waals surface area contributed by atoms with Gasteiger partial charge in [-0.1, -0.05) is 12.5 Å². The van der Waals surface area contributed by atoms with Gasteiger partial charge in [0.2, 0.25) is 5.88 Å². The first kappa shape index (κ1) is 18.8. The summed E-state index contributed by atoms with van der Waals surface area (Å²) in [6.07, 6.45) is 9.77. The van der Waals surface area contributed by atoms with Crippen molar-refractivity contribution in [1.82, 2.24) is 24.8 Å². The van der Waals surface area contributed by atoms with Crippen molar-refractivity contribution in [2.75, 3.05) is 20.1 Å². The Morgan fingerprint density at radius 1 is 1.00 bits per heavy atom. The molecule has 2 fully saturated rings. The van der Waals surface area contributed by atoms with Crippen LogP contribution in [0.5, 0.6) is 5.88 Å². The second-order valence-electron chi connectivity index (χ2n) is 8.99. The van der Waals surface area contributed by atoms with Gasteiger partial charge in [-0.05, 0) is 62.6 Å². The maximum absolute atomic E-state index is 6.34. The molecule has 1 N–H and O–H groups in total. The highest BCUT2D eigenvalue weighted by Gasteiger charge is 2.22. The molecule has 1 aromatic carbocycles. The van der Waals surface area contributed by atoms with E-state index in [1.54, 1.807) is 6.33 Å². The predicted octanol–water partition coefficient (Wildman–Crippen LogP) is 4.91. The highest BCUT2D eigenvalue weighted by Crippen LogP contribution is 2.37. The van der Waals surface area contributed by atoms with E-state index in [0.29, 0.717) is 11.8 Å². The van der Waals surface area contributed by atoms with E-state index in [1.807, 2.05) is 0 Å². The number of nitrogens with zero attached hydrogens (tertiary/aromatic N) is 4. The molecule has 2 aliphatic rings. The minimum atomic E-state index is 0.208. The normalized spacial score (nSPS) is 18.5. The Morgan fingerprint density at radius 2 is 1.87 bits per heavy atom. The van der Waals surface area contributed by atoms with Gasteiger partial charge in [-0.2, -0.15) is 0 Å². The molecular formula is C25H27N5O. The van der Waals surface area contributed by atoms with Gasteiger partial charge in [0.1, 0.15) is 18.1 Å². The quantitative estimate of drug-likeness (QED) is 0.515. The van der Waals surface area contributed by atoms with Gasteiger partial charge in [0, 0.05) is 41.8 Å². The van der Waals surface area contributed by atoms with Gasteiger partial charge >= 0.3 is 0 Å². The number of fused-ring (bicyclic) bond motifs is 2. The molecule has 1 saturated heterocycles. The smallest absolute Gasteiger partial charge is 0.224 e. The Balaban J connectivity index is 1.35. The number of aromatic amines is 1. The topological polar surface area (TPSA) is 66.9 Å². The van der Waals surface area contributed by atoms with Crippen molar-refractivity contribution >= 4 is 21.9 Å². The molecule has 158 valence electrons. The van der Waals surface area contributed by atoms with E-state index < -0.39 is 0 Å². The summed E-state index contributed by atoms with van der Waals surface area (Å²) >= 11 is 0. The van der Waals surface area contributed by atoms with Crippen LogP contribution in [0.15, 0.2) is 42.9 Å². The predicted molar refractivity (Wildman–Crippen MR) is 122 cm³/mol. The number of H-pyrrole nitrogens is 1. The molecule has 0 unspecified atom stereocenters. The summed E-state index contributed by atoms with van der Waals surface area (Å²) in [7, 11) is 2.16. The monoisotopic (exact) mass is 413 g/mol. The Hall–Kier alpha value is -2.99. The maximum Gasteiger partial charge on any atom is 0.224 e. The van der Waals surface area contributed by atoms with Crippen molar-refractivity contribution in [1.29, 1.82) is 0 Å². The lowest BCUT2D eigenvalue weighted by molar-refractivity contribution is 0.111. The number of aromatic nitrogens is 4. The summed E-state index contributed by atoms with van der Waals surface area (Å²) < 4.78 is 6.34. The molecule has 1 saturated carbocycles. The Labute approximate surface area is 181 Å². The third kappa shape index (κ3) is 3.45. The molecule has 0 spiro atoms. The van der Waals surface area contributed by atoms with Crippen LogP contribution in [0.25, 0.3) is 33.1 Å². The number of likely N-dealkylation sites (tertiary alicyclic amines) is 1. The van der Waals surface area contributed by atoms with E-state index in [9.17, 15) is 0 Å². The van der Waals surface area contributed by atoms with Crippen LogP contribution in [0.3, 0.4) is 0 Å². The van der Waals surface area contributed by atoms with Gasteiger partial charge in [0.05, 0.1) is 10.9 Å². The van der Waals surface area contributed by atoms with Crippen LogP contribution in [0.2, 0.25) is 0 Å². The van der Waals surface area contributed by atoms with E-state index in [0.717, 1.165) is 59.0 Å². The van der Waals surface area contributed by atoms with Crippen LogP contribution in [0.1, 0.15) is 43.7 Å². The summed E-state index contributed by atoms with van der Waals surface area (Å²) in [6.45, 7) is 2.12. The molecule has 6 nitrogen and oxygen atoms in total. The van der Waals surface area contributed by atoms with Gasteiger partial charge in [0.15, 0.2) is 0 Å². The SMILES string of the molecule is CN1CCC(Oc2ncnc3ccc(-c4c[nH]c5nc(C6CCC6)ccc45)cc23)CC1. The summed E-state index contributed by atoms with van der Waals surface area (Å²) in [5.74, 6) is 1.32. The number of rotatable bonds is 4. The highest BCUT2D eigenvalue weighted by molar-refractivity contribution is 5.97. The van der Waals surface area contributed by atoms with Gasteiger partial charge in [-0.3, -0.25) is 0 Å². The molecule has 0 atom stereocenters. The molecule has 4 aromatic rings. The van der Waals surface area contributed by atoms with Crippen molar-refractivity contribution in [3.05, 3.63) is 48.5 Å². The fourth-order valence-corrected chi connectivity index (χ4v) is 4.75. The number of hydrogen-bond donors (Lipinski definition) is 1. The second kappa shape index (κ2) is 7.61. The maximum atomic E-state index is 6.34. The van der Waals surface area contributed by atoms with E-state index in [2.05, 4.69) is 63.4 Å². The van der Waals surface area contributed by atoms with Gasteiger partial charge in [0.25, 0.3) is 0 Å². The number of piperidine rings is 1. The first-order valence-corrected chi connectivity index (χ1v) is 11.3. The van der Waals surface area contributed by atoms with Crippen molar-refractivity contribution in [3.8, 4) is 17.0 Å². The molecule has 0 radical (unpaired) electrons. The molecule has 1 aliphatic heterocycles. The average molecular weight is 414 g/mol. The zero-order chi connectivity index (χ0) is 20.8. The molecule has 0 bridgehead atoms. The zero-order valence-electron chi connectivity index (χ0n) is 17.8. The van der Waals surface area contributed by atoms with Crippen molar-refractivity contribution in [2.24, 2.45) is 0 Å². The van der Waals surface area contributed by atoms with Crippen molar-refractivity contribution in [3.63, 3.8) is 0 Å². The molecule has 31 heavy (non-hydrogen) atoms. The lowest BCUT2D eigenvalue weighted by Crippen LogP contribution is -2.35. The summed E-state index contributed by atoms with van der Waals surface area (Å²) in [4.78, 5) is 19.6. The average Bonchev–Trinajstić information content (AvgIpc) is 3.17. The third-order valence-electron chi connectivity index (χ3n) is 6.94. The number of hydrogen-bond acceptors (Lipinski definition) is 5. The number of pyridine rings is 1. The third-order valence-corrected chi connectivity index (χ3v) is 6.94. The minimum absolute atomic E-state index is 0.208. The first-order valence-electron chi connectivity index (χ1n) is 11.3. The second-order valence-corrected chi connectivity index (χ2v) is 8.99. The van der Waals surface area contributed by atoms with E-state index >= 15 is 0 Å². The van der Waals surface area contributed by atoms with E-state index in [1.165, 1.54) is 25.0 Å². The number of ether oxygens (including phenoxy) is 1. The molecular weight excluding hydrogens is 386 g/mol. The van der Waals surface area contributed by atoms with Crippen molar-refractivity contribution in [2.45, 2.75) is 44.1 Å². The van der Waals surface area contributed by atoms with Gasteiger partial charge < -0.3 is 14.6 Å². The van der Waals surface area contributed by atoms with E-state index in [4.69, 9.17) is 9.72 Å². The van der Waals surface area contributed by atoms with E-state index in [-0.39, 0.29) is 6.10 Å². The Kier molecular flexibility index (Phi) is 4.60. The largest absolute Gasteiger partial charge is 0.474 e. The van der Waals surface area contributed by atoms with Gasteiger partial charge in [-0.25, -0.2) is 15.0 Å². The highest BCUT2D eigenvalue weighted by atomic mass is 16.5. The fourth-order valence-electron chi connectivity index (χ4n) is 4.75. The first-order chi connectivity index (χ1) is 15.2. The van der Waals surface area contributed by atoms with Crippen LogP contribution in [0.4, 0.5) is 0 Å². The number of nitrogens with one attached hydrogen (secondary N) is 1. The summed E-state index contributed by atoms with van der Waals surface area (Å²) in [5, 5.41) is 2.12. The molecule has 3 aromatic heterocycles.